The molecule has 0 bridgehead atoms. The molecule has 0 spiro atoms. The van der Waals surface area contributed by atoms with Gasteiger partial charge in [-0.05, 0) is 18.3 Å². The van der Waals surface area contributed by atoms with Gasteiger partial charge in [0.05, 0.1) is 11.7 Å². The zero-order chi connectivity index (χ0) is 15.8. The number of likely N-dealkylation sites (tertiary alicyclic amines) is 2. The van der Waals surface area contributed by atoms with E-state index < -0.39 is 0 Å². The maximum Gasteiger partial charge on any atom is 0.273 e. The molecule has 0 unspecified atom stereocenters. The molecule has 0 aliphatic carbocycles. The molecule has 2 aliphatic rings. The Bertz CT molecular complexity index is 682. The van der Waals surface area contributed by atoms with Crippen LogP contribution in [-0.2, 0) is 13.6 Å². The first-order chi connectivity index (χ1) is 11.2. The van der Waals surface area contributed by atoms with Gasteiger partial charge in [0.25, 0.3) is 5.91 Å². The first-order valence-corrected chi connectivity index (χ1v) is 9.00. The van der Waals surface area contributed by atoms with Crippen molar-refractivity contribution in [3.63, 3.8) is 0 Å². The second kappa shape index (κ2) is 6.05. The highest BCUT2D eigenvalue weighted by molar-refractivity contribution is 7.07. The van der Waals surface area contributed by atoms with E-state index in [0.29, 0.717) is 17.5 Å². The van der Waals surface area contributed by atoms with Crippen molar-refractivity contribution in [2.24, 2.45) is 18.9 Å². The van der Waals surface area contributed by atoms with Crippen LogP contribution in [-0.4, -0.2) is 56.7 Å². The zero-order valence-electron chi connectivity index (χ0n) is 13.3. The third kappa shape index (κ3) is 3.03. The molecule has 2 aliphatic heterocycles. The maximum atomic E-state index is 12.5. The number of aromatic nitrogens is 3. The van der Waals surface area contributed by atoms with E-state index in [1.54, 1.807) is 5.51 Å². The Morgan fingerprint density at radius 1 is 1.35 bits per heavy atom. The molecule has 7 heteroatoms. The summed E-state index contributed by atoms with van der Waals surface area (Å²) in [6, 6.07) is 0. The lowest BCUT2D eigenvalue weighted by molar-refractivity contribution is 0.0637. The second-order valence-electron chi connectivity index (χ2n) is 6.65. The van der Waals surface area contributed by atoms with E-state index in [0.717, 1.165) is 39.1 Å². The molecule has 23 heavy (non-hydrogen) atoms. The molecule has 0 N–H and O–H groups in total. The molecular formula is C16H21N5OS. The van der Waals surface area contributed by atoms with Gasteiger partial charge in [-0.1, -0.05) is 0 Å². The number of rotatable bonds is 3. The molecule has 122 valence electrons. The lowest BCUT2D eigenvalue weighted by atomic mass is 9.88. The van der Waals surface area contributed by atoms with Crippen LogP contribution in [0.3, 0.4) is 0 Å². The smallest absolute Gasteiger partial charge is 0.273 e. The molecule has 2 atom stereocenters. The lowest BCUT2D eigenvalue weighted by Gasteiger charge is -2.34. The van der Waals surface area contributed by atoms with E-state index in [1.165, 1.54) is 16.9 Å². The summed E-state index contributed by atoms with van der Waals surface area (Å²) >= 11 is 1.48. The fourth-order valence-corrected chi connectivity index (χ4v) is 4.40. The minimum Gasteiger partial charge on any atom is -0.337 e. The summed E-state index contributed by atoms with van der Waals surface area (Å²) in [6.45, 7) is 4.89. The SMILES string of the molecule is Cn1cc(CN2C[C@H]3CCN(C(=O)c4cscn4)C[C@H]3C2)cn1. The van der Waals surface area contributed by atoms with Crippen LogP contribution in [0.15, 0.2) is 23.3 Å². The molecule has 4 heterocycles. The fourth-order valence-electron chi connectivity index (χ4n) is 3.87. The van der Waals surface area contributed by atoms with Crippen LogP contribution in [0.4, 0.5) is 0 Å². The summed E-state index contributed by atoms with van der Waals surface area (Å²) in [4.78, 5) is 21.1. The van der Waals surface area contributed by atoms with Gasteiger partial charge in [-0.15, -0.1) is 11.3 Å². The molecule has 0 radical (unpaired) electrons. The van der Waals surface area contributed by atoms with Gasteiger partial charge in [-0.2, -0.15) is 5.10 Å². The van der Waals surface area contributed by atoms with Crippen molar-refractivity contribution in [2.75, 3.05) is 26.2 Å². The molecule has 1 amide bonds. The molecule has 6 nitrogen and oxygen atoms in total. The second-order valence-corrected chi connectivity index (χ2v) is 7.37. The number of hydrogen-bond acceptors (Lipinski definition) is 5. The van der Waals surface area contributed by atoms with Gasteiger partial charge in [-0.25, -0.2) is 4.98 Å². The zero-order valence-corrected chi connectivity index (χ0v) is 14.1. The molecular weight excluding hydrogens is 310 g/mol. The van der Waals surface area contributed by atoms with Crippen LogP contribution < -0.4 is 0 Å². The van der Waals surface area contributed by atoms with Crippen molar-refractivity contribution in [1.29, 1.82) is 0 Å². The average molecular weight is 331 g/mol. The van der Waals surface area contributed by atoms with Crippen LogP contribution in [0.1, 0.15) is 22.5 Å². The van der Waals surface area contributed by atoms with E-state index in [4.69, 9.17) is 0 Å². The van der Waals surface area contributed by atoms with Crippen molar-refractivity contribution in [3.8, 4) is 0 Å². The van der Waals surface area contributed by atoms with Crippen molar-refractivity contribution >= 4 is 17.2 Å². The van der Waals surface area contributed by atoms with Crippen LogP contribution >= 0.6 is 11.3 Å². The predicted octanol–water partition coefficient (Wildman–Crippen LogP) is 1.47. The van der Waals surface area contributed by atoms with Gasteiger partial charge < -0.3 is 4.90 Å². The van der Waals surface area contributed by atoms with E-state index in [1.807, 2.05) is 28.2 Å². The molecule has 4 rings (SSSR count). The standard InChI is InChI=1S/C16H21N5OS/c1-19-5-12(4-18-19)6-20-7-13-2-3-21(9-14(13)8-20)16(22)15-10-23-11-17-15/h4-5,10-11,13-14H,2-3,6-9H2,1H3/t13-,14-/m1/s1. The Hall–Kier alpha value is -1.73. The van der Waals surface area contributed by atoms with Crippen LogP contribution in [0.5, 0.6) is 0 Å². The molecule has 0 aromatic carbocycles. The number of thiazole rings is 1. The third-order valence-electron chi connectivity index (χ3n) is 4.98. The number of fused-ring (bicyclic) bond motifs is 1. The van der Waals surface area contributed by atoms with Crippen LogP contribution in [0.2, 0.25) is 0 Å². The Kier molecular flexibility index (Phi) is 3.90. The monoisotopic (exact) mass is 331 g/mol. The topological polar surface area (TPSA) is 54.3 Å². The van der Waals surface area contributed by atoms with Gasteiger partial charge in [0.1, 0.15) is 5.69 Å². The van der Waals surface area contributed by atoms with Crippen LogP contribution in [0.25, 0.3) is 0 Å². The quantitative estimate of drug-likeness (QED) is 0.855. The lowest BCUT2D eigenvalue weighted by Crippen LogP contribution is -2.43. The van der Waals surface area contributed by atoms with Gasteiger partial charge in [-0.3, -0.25) is 14.4 Å². The number of piperidine rings is 1. The van der Waals surface area contributed by atoms with Crippen LogP contribution in [0, 0.1) is 11.8 Å². The van der Waals surface area contributed by atoms with Gasteiger partial charge in [0.2, 0.25) is 0 Å². The normalized spacial score (nSPS) is 24.8. The minimum absolute atomic E-state index is 0.0930. The Balaban J connectivity index is 1.37. The summed E-state index contributed by atoms with van der Waals surface area (Å²) in [5.74, 6) is 1.39. The van der Waals surface area contributed by atoms with E-state index in [2.05, 4.69) is 21.2 Å². The number of hydrogen-bond donors (Lipinski definition) is 0. The molecule has 2 fully saturated rings. The Morgan fingerprint density at radius 3 is 2.96 bits per heavy atom. The van der Waals surface area contributed by atoms with E-state index in [9.17, 15) is 4.79 Å². The van der Waals surface area contributed by atoms with Gasteiger partial charge in [0, 0.05) is 56.9 Å². The number of nitrogens with zero attached hydrogens (tertiary/aromatic N) is 5. The average Bonchev–Trinajstić information content (AvgIpc) is 3.26. The fraction of sp³-hybridized carbons (Fsp3) is 0.562. The predicted molar refractivity (Wildman–Crippen MR) is 88.1 cm³/mol. The number of carbonyl (C=O) groups excluding carboxylic acids is 1. The number of aryl methyl sites for hydroxylation is 1. The van der Waals surface area contributed by atoms with Crippen molar-refractivity contribution < 1.29 is 4.79 Å². The molecule has 2 aromatic rings. The van der Waals surface area contributed by atoms with Crippen molar-refractivity contribution in [1.82, 2.24) is 24.6 Å². The van der Waals surface area contributed by atoms with E-state index in [-0.39, 0.29) is 5.91 Å². The van der Waals surface area contributed by atoms with Gasteiger partial charge >= 0.3 is 0 Å². The van der Waals surface area contributed by atoms with Gasteiger partial charge in [0.15, 0.2) is 0 Å². The summed E-state index contributed by atoms with van der Waals surface area (Å²) in [6.07, 6.45) is 5.13. The van der Waals surface area contributed by atoms with Crippen molar-refractivity contribution in [3.05, 3.63) is 34.5 Å². The minimum atomic E-state index is 0.0930. The summed E-state index contributed by atoms with van der Waals surface area (Å²) < 4.78 is 1.85. The number of amides is 1. The van der Waals surface area contributed by atoms with Crippen molar-refractivity contribution in [2.45, 2.75) is 13.0 Å². The first-order valence-electron chi connectivity index (χ1n) is 8.06. The largest absolute Gasteiger partial charge is 0.337 e. The first kappa shape index (κ1) is 14.8. The summed E-state index contributed by atoms with van der Waals surface area (Å²) in [5.41, 5.74) is 3.59. The number of carbonyl (C=O) groups is 1. The highest BCUT2D eigenvalue weighted by Crippen LogP contribution is 2.32. The highest BCUT2D eigenvalue weighted by Gasteiger charge is 2.38. The molecule has 2 aromatic heterocycles. The third-order valence-corrected chi connectivity index (χ3v) is 5.57. The Labute approximate surface area is 139 Å². The van der Waals surface area contributed by atoms with E-state index >= 15 is 0 Å². The summed E-state index contributed by atoms with van der Waals surface area (Å²) in [7, 11) is 1.95. The highest BCUT2D eigenvalue weighted by atomic mass is 32.1. The summed E-state index contributed by atoms with van der Waals surface area (Å²) in [5, 5.41) is 6.09. The Morgan fingerprint density at radius 2 is 2.22 bits per heavy atom. The maximum absolute atomic E-state index is 12.5. The molecule has 0 saturated carbocycles. The molecule has 2 saturated heterocycles.